The number of nitro benzene ring substituents is 1. The fourth-order valence-corrected chi connectivity index (χ4v) is 3.81. The molecule has 0 aliphatic carbocycles. The third-order valence-corrected chi connectivity index (χ3v) is 5.59. The van der Waals surface area contributed by atoms with Crippen LogP contribution in [0.2, 0.25) is 5.02 Å². The molecule has 188 valence electrons. The van der Waals surface area contributed by atoms with E-state index in [1.165, 1.54) is 24.3 Å². The van der Waals surface area contributed by atoms with Crippen molar-refractivity contribution in [3.8, 4) is 11.5 Å². The van der Waals surface area contributed by atoms with Crippen LogP contribution < -0.4 is 19.7 Å². The van der Waals surface area contributed by atoms with Crippen molar-refractivity contribution >= 4 is 46.9 Å². The Labute approximate surface area is 216 Å². The third kappa shape index (κ3) is 5.76. The van der Waals surface area contributed by atoms with Gasteiger partial charge in [0.15, 0.2) is 0 Å². The molecule has 3 aromatic rings. The number of nitrogens with one attached hydrogen (secondary N) is 1. The van der Waals surface area contributed by atoms with Crippen LogP contribution in [0.1, 0.15) is 18.1 Å². The topological polar surface area (TPSA) is 128 Å². The summed E-state index contributed by atoms with van der Waals surface area (Å²) >= 11 is 6.33. The number of imide groups is 2. The summed E-state index contributed by atoms with van der Waals surface area (Å²) in [5.41, 5.74) is 0.969. The van der Waals surface area contributed by atoms with Gasteiger partial charge in [-0.2, -0.15) is 0 Å². The molecule has 10 nitrogen and oxygen atoms in total. The number of halogens is 1. The normalized spacial score (nSPS) is 14.5. The van der Waals surface area contributed by atoms with Gasteiger partial charge >= 0.3 is 6.03 Å². The van der Waals surface area contributed by atoms with E-state index in [0.29, 0.717) is 29.2 Å². The van der Waals surface area contributed by atoms with Gasteiger partial charge in [-0.05, 0) is 60.5 Å². The van der Waals surface area contributed by atoms with Crippen molar-refractivity contribution in [3.63, 3.8) is 0 Å². The Morgan fingerprint density at radius 2 is 1.78 bits per heavy atom. The molecule has 37 heavy (non-hydrogen) atoms. The fraction of sp³-hybridized carbons (Fsp3) is 0.115. The number of anilines is 1. The van der Waals surface area contributed by atoms with Gasteiger partial charge in [-0.15, -0.1) is 0 Å². The van der Waals surface area contributed by atoms with E-state index >= 15 is 0 Å². The van der Waals surface area contributed by atoms with E-state index < -0.39 is 22.8 Å². The molecular weight excluding hydrogens is 502 g/mol. The van der Waals surface area contributed by atoms with Crippen LogP contribution in [0.5, 0.6) is 11.5 Å². The highest BCUT2D eigenvalue weighted by molar-refractivity contribution is 6.39. The van der Waals surface area contributed by atoms with Gasteiger partial charge in [0.25, 0.3) is 17.5 Å². The first-order valence-corrected chi connectivity index (χ1v) is 11.4. The van der Waals surface area contributed by atoms with E-state index in [9.17, 15) is 24.5 Å². The van der Waals surface area contributed by atoms with Crippen LogP contribution in [0.25, 0.3) is 6.08 Å². The van der Waals surface area contributed by atoms with Gasteiger partial charge in [0, 0.05) is 12.1 Å². The average Bonchev–Trinajstić information content (AvgIpc) is 2.87. The van der Waals surface area contributed by atoms with Gasteiger partial charge in [0.2, 0.25) is 0 Å². The van der Waals surface area contributed by atoms with Gasteiger partial charge in [0.05, 0.1) is 22.2 Å². The number of nitro groups is 1. The molecule has 0 saturated carbocycles. The summed E-state index contributed by atoms with van der Waals surface area (Å²) in [6, 6.07) is 16.1. The van der Waals surface area contributed by atoms with E-state index in [1.54, 1.807) is 48.5 Å². The summed E-state index contributed by atoms with van der Waals surface area (Å²) in [5, 5.41) is 13.3. The first kappa shape index (κ1) is 25.4. The number of urea groups is 1. The molecule has 1 N–H and O–H groups in total. The lowest BCUT2D eigenvalue weighted by molar-refractivity contribution is -0.384. The summed E-state index contributed by atoms with van der Waals surface area (Å²) in [7, 11) is 0. The number of non-ortho nitro benzene ring substituents is 1. The van der Waals surface area contributed by atoms with Crippen molar-refractivity contribution in [1.29, 1.82) is 0 Å². The highest BCUT2D eigenvalue weighted by Crippen LogP contribution is 2.29. The van der Waals surface area contributed by atoms with Crippen LogP contribution in [-0.4, -0.2) is 29.4 Å². The summed E-state index contributed by atoms with van der Waals surface area (Å²) in [5.74, 6) is -0.745. The molecule has 1 aliphatic heterocycles. The first-order chi connectivity index (χ1) is 17.8. The number of carbonyl (C=O) groups excluding carboxylic acids is 3. The van der Waals surface area contributed by atoms with Crippen molar-refractivity contribution in [2.75, 3.05) is 11.5 Å². The van der Waals surface area contributed by atoms with Crippen molar-refractivity contribution in [2.45, 2.75) is 13.5 Å². The lowest BCUT2D eigenvalue weighted by Gasteiger charge is -2.26. The average molecular weight is 522 g/mol. The second kappa shape index (κ2) is 10.9. The molecule has 1 aliphatic rings. The van der Waals surface area contributed by atoms with Gasteiger partial charge < -0.3 is 9.47 Å². The number of benzene rings is 3. The molecule has 0 spiro atoms. The molecule has 4 amide bonds. The minimum Gasteiger partial charge on any atom is -0.494 e. The molecule has 0 radical (unpaired) electrons. The Morgan fingerprint density at radius 3 is 2.46 bits per heavy atom. The van der Waals surface area contributed by atoms with Crippen LogP contribution in [-0.2, 0) is 16.2 Å². The van der Waals surface area contributed by atoms with Gasteiger partial charge in [-0.1, -0.05) is 29.8 Å². The molecular formula is C26H20ClN3O7. The molecule has 1 fully saturated rings. The smallest absolute Gasteiger partial charge is 0.335 e. The van der Waals surface area contributed by atoms with Crippen LogP contribution in [0.4, 0.5) is 16.2 Å². The molecule has 4 rings (SSSR count). The molecule has 0 bridgehead atoms. The predicted molar refractivity (Wildman–Crippen MR) is 135 cm³/mol. The number of amides is 4. The Bertz CT molecular complexity index is 1420. The van der Waals surface area contributed by atoms with Crippen LogP contribution in [0.15, 0.2) is 72.3 Å². The zero-order valence-corrected chi connectivity index (χ0v) is 20.2. The van der Waals surface area contributed by atoms with Gasteiger partial charge in [-0.25, -0.2) is 9.69 Å². The number of carbonyl (C=O) groups is 3. The van der Waals surface area contributed by atoms with E-state index in [2.05, 4.69) is 5.32 Å². The van der Waals surface area contributed by atoms with E-state index in [1.807, 2.05) is 6.92 Å². The molecule has 11 heteroatoms. The zero-order valence-electron chi connectivity index (χ0n) is 19.5. The molecule has 1 heterocycles. The maximum Gasteiger partial charge on any atom is 0.335 e. The van der Waals surface area contributed by atoms with Crippen LogP contribution >= 0.6 is 11.6 Å². The number of nitrogens with zero attached hydrogens (tertiary/aromatic N) is 2. The SMILES string of the molecule is CCOc1ccc(N2C(=O)NC(=O)/C(=C\c3ccc(OCc4cccc([N+](=O)[O-])c4)c(Cl)c3)C2=O)cc1. The zero-order chi connectivity index (χ0) is 26.5. The predicted octanol–water partition coefficient (Wildman–Crippen LogP) is 4.89. The van der Waals surface area contributed by atoms with E-state index in [-0.39, 0.29) is 28.6 Å². The van der Waals surface area contributed by atoms with E-state index in [4.69, 9.17) is 21.1 Å². The molecule has 0 unspecified atom stereocenters. The van der Waals surface area contributed by atoms with Crippen molar-refractivity contribution in [3.05, 3.63) is 98.6 Å². The van der Waals surface area contributed by atoms with Crippen LogP contribution in [0.3, 0.4) is 0 Å². The lowest BCUT2D eigenvalue weighted by Crippen LogP contribution is -2.54. The Kier molecular flexibility index (Phi) is 7.49. The Balaban J connectivity index is 1.52. The van der Waals surface area contributed by atoms with Gasteiger partial charge in [-0.3, -0.25) is 25.0 Å². The number of hydrogen-bond donors (Lipinski definition) is 1. The number of barbiturate groups is 1. The molecule has 0 aromatic heterocycles. The van der Waals surface area contributed by atoms with Crippen molar-refractivity contribution in [1.82, 2.24) is 5.32 Å². The highest BCUT2D eigenvalue weighted by atomic mass is 35.5. The second-order valence-corrected chi connectivity index (χ2v) is 8.20. The standard InChI is InChI=1S/C26H20ClN3O7/c1-2-36-20-9-7-18(8-10-20)29-25(32)21(24(31)28-26(29)33)13-16-6-11-23(22(27)14-16)37-15-17-4-3-5-19(12-17)30(34)35/h3-14H,2,15H2,1H3,(H,28,31,33)/b21-13+. The molecule has 1 saturated heterocycles. The van der Waals surface area contributed by atoms with E-state index in [0.717, 1.165) is 4.90 Å². The number of rotatable bonds is 8. The fourth-order valence-electron chi connectivity index (χ4n) is 3.56. The monoisotopic (exact) mass is 521 g/mol. The maximum atomic E-state index is 13.1. The minimum absolute atomic E-state index is 0.0435. The van der Waals surface area contributed by atoms with Crippen molar-refractivity contribution in [2.24, 2.45) is 0 Å². The highest BCUT2D eigenvalue weighted by Gasteiger charge is 2.36. The Hall–Kier alpha value is -4.70. The summed E-state index contributed by atoms with van der Waals surface area (Å²) in [6.45, 7) is 2.34. The van der Waals surface area contributed by atoms with Crippen LogP contribution in [0, 0.1) is 10.1 Å². The number of hydrogen-bond acceptors (Lipinski definition) is 7. The maximum absolute atomic E-state index is 13.1. The van der Waals surface area contributed by atoms with Gasteiger partial charge in [0.1, 0.15) is 23.7 Å². The third-order valence-electron chi connectivity index (χ3n) is 5.29. The molecule has 0 atom stereocenters. The van der Waals surface area contributed by atoms with Crippen molar-refractivity contribution < 1.29 is 28.8 Å². The largest absolute Gasteiger partial charge is 0.494 e. The minimum atomic E-state index is -0.862. The Morgan fingerprint density at radius 1 is 1.03 bits per heavy atom. The second-order valence-electron chi connectivity index (χ2n) is 7.79. The lowest BCUT2D eigenvalue weighted by atomic mass is 10.1. The summed E-state index contributed by atoms with van der Waals surface area (Å²) in [4.78, 5) is 49.3. The molecule has 3 aromatic carbocycles. The summed E-state index contributed by atoms with van der Waals surface area (Å²) in [6.07, 6.45) is 1.32. The first-order valence-electron chi connectivity index (χ1n) is 11.1. The number of ether oxygens (including phenoxy) is 2. The quantitative estimate of drug-likeness (QED) is 0.193. The summed E-state index contributed by atoms with van der Waals surface area (Å²) < 4.78 is 11.1.